The van der Waals surface area contributed by atoms with Crippen molar-refractivity contribution in [3.63, 3.8) is 0 Å². The van der Waals surface area contributed by atoms with Crippen molar-refractivity contribution in [2.24, 2.45) is 5.16 Å². The third kappa shape index (κ3) is 1.68. The molecule has 1 aromatic rings. The molecule has 2 rings (SSSR count). The lowest BCUT2D eigenvalue weighted by Crippen LogP contribution is -2.35. The summed E-state index contributed by atoms with van der Waals surface area (Å²) in [6.45, 7) is 1.50. The van der Waals surface area contributed by atoms with E-state index in [1.54, 1.807) is 18.5 Å². The first kappa shape index (κ1) is 9.64. The number of aromatic nitrogens is 1. The molecule has 1 atom stereocenters. The Balaban J connectivity index is 2.21. The van der Waals surface area contributed by atoms with E-state index in [0.717, 1.165) is 5.56 Å². The summed E-state index contributed by atoms with van der Waals surface area (Å²) < 4.78 is 0. The number of rotatable bonds is 2. The zero-order valence-corrected chi connectivity index (χ0v) is 8.17. The predicted octanol–water partition coefficient (Wildman–Crippen LogP) is 1.05. The van der Waals surface area contributed by atoms with Crippen LogP contribution in [0.25, 0.3) is 0 Å². The van der Waals surface area contributed by atoms with Crippen LogP contribution in [0.15, 0.2) is 29.7 Å². The van der Waals surface area contributed by atoms with E-state index < -0.39 is 11.6 Å². The molecule has 0 bridgehead atoms. The van der Waals surface area contributed by atoms with Crippen molar-refractivity contribution < 1.29 is 14.7 Å². The molecule has 0 aromatic carbocycles. The fourth-order valence-electron chi connectivity index (χ4n) is 1.34. The third-order valence-electron chi connectivity index (χ3n) is 2.31. The molecule has 2 heterocycles. The van der Waals surface area contributed by atoms with Crippen molar-refractivity contribution >= 4 is 11.7 Å². The third-order valence-corrected chi connectivity index (χ3v) is 2.31. The number of hydrogen-bond acceptors (Lipinski definition) is 4. The molecule has 0 amide bonds. The molecule has 1 N–H and O–H groups in total. The second-order valence-electron chi connectivity index (χ2n) is 3.58. The largest absolute Gasteiger partial charge is 0.478 e. The normalized spacial score (nSPS) is 24.5. The molecule has 1 aromatic heterocycles. The Labute approximate surface area is 86.4 Å². The molecule has 0 radical (unpaired) electrons. The Kier molecular flexibility index (Phi) is 2.15. The van der Waals surface area contributed by atoms with E-state index in [0.29, 0.717) is 5.71 Å². The summed E-state index contributed by atoms with van der Waals surface area (Å²) in [4.78, 5) is 19.8. The van der Waals surface area contributed by atoms with Crippen molar-refractivity contribution in [1.82, 2.24) is 4.98 Å². The van der Waals surface area contributed by atoms with Crippen molar-refractivity contribution in [1.29, 1.82) is 0 Å². The van der Waals surface area contributed by atoms with Crippen molar-refractivity contribution in [2.75, 3.05) is 0 Å². The van der Waals surface area contributed by atoms with Gasteiger partial charge < -0.3 is 9.94 Å². The Morgan fingerprint density at radius 2 is 2.47 bits per heavy atom. The molecule has 0 spiro atoms. The summed E-state index contributed by atoms with van der Waals surface area (Å²) in [5, 5.41) is 12.7. The lowest BCUT2D eigenvalue weighted by atomic mass is 9.97. The fraction of sp³-hybridized carbons (Fsp3) is 0.300. The monoisotopic (exact) mass is 206 g/mol. The van der Waals surface area contributed by atoms with Crippen LogP contribution >= 0.6 is 0 Å². The number of hydrogen-bond donors (Lipinski definition) is 1. The zero-order valence-electron chi connectivity index (χ0n) is 8.17. The zero-order chi connectivity index (χ0) is 10.9. The van der Waals surface area contributed by atoms with Gasteiger partial charge in [-0.2, -0.15) is 0 Å². The first-order valence-electron chi connectivity index (χ1n) is 4.51. The van der Waals surface area contributed by atoms with Gasteiger partial charge in [0.25, 0.3) is 0 Å². The minimum absolute atomic E-state index is 0.258. The Bertz CT molecular complexity index is 416. The van der Waals surface area contributed by atoms with Crippen molar-refractivity contribution in [3.05, 3.63) is 30.1 Å². The summed E-state index contributed by atoms with van der Waals surface area (Å²) in [6.07, 6.45) is 3.54. The quantitative estimate of drug-likeness (QED) is 0.785. The van der Waals surface area contributed by atoms with Crippen molar-refractivity contribution in [3.8, 4) is 0 Å². The maximum Gasteiger partial charge on any atom is 0.351 e. The van der Waals surface area contributed by atoms with Gasteiger partial charge in [0, 0.05) is 24.4 Å². The molecule has 15 heavy (non-hydrogen) atoms. The molecular formula is C10H10N2O3. The van der Waals surface area contributed by atoms with Crippen LogP contribution in [0.4, 0.5) is 0 Å². The highest BCUT2D eigenvalue weighted by Crippen LogP contribution is 2.26. The first-order valence-corrected chi connectivity index (χ1v) is 4.51. The van der Waals surface area contributed by atoms with Crippen molar-refractivity contribution in [2.45, 2.75) is 18.9 Å². The van der Waals surface area contributed by atoms with Gasteiger partial charge in [0.05, 0.1) is 5.71 Å². The number of pyridine rings is 1. The van der Waals surface area contributed by atoms with Gasteiger partial charge in [-0.3, -0.25) is 4.98 Å². The van der Waals surface area contributed by atoms with Gasteiger partial charge in [0.1, 0.15) is 0 Å². The average Bonchev–Trinajstić information content (AvgIpc) is 2.64. The standard InChI is InChI=1S/C10H10N2O3/c1-10(9(13)14)5-8(12-15-10)7-3-2-4-11-6-7/h2-4,6H,5H2,1H3,(H,13,14)/t10-/m1/s1. The molecule has 0 aliphatic carbocycles. The first-order chi connectivity index (χ1) is 7.12. The van der Waals surface area contributed by atoms with E-state index in [1.165, 1.54) is 6.92 Å². The Morgan fingerprint density at radius 3 is 3.00 bits per heavy atom. The van der Waals surface area contributed by atoms with Crippen LogP contribution in [0.5, 0.6) is 0 Å². The van der Waals surface area contributed by atoms with Gasteiger partial charge in [-0.15, -0.1) is 0 Å². The fourth-order valence-corrected chi connectivity index (χ4v) is 1.34. The molecule has 0 fully saturated rings. The molecule has 1 aliphatic rings. The summed E-state index contributed by atoms with van der Waals surface area (Å²) in [5.41, 5.74) is 0.168. The van der Waals surface area contributed by atoms with E-state index in [4.69, 9.17) is 9.94 Å². The molecule has 1 aliphatic heterocycles. The SMILES string of the molecule is C[C@]1(C(=O)O)CC(c2cccnc2)=NO1. The number of carboxylic acids is 1. The Morgan fingerprint density at radius 1 is 1.67 bits per heavy atom. The number of oxime groups is 1. The minimum Gasteiger partial charge on any atom is -0.478 e. The van der Waals surface area contributed by atoms with E-state index in [2.05, 4.69) is 10.1 Å². The summed E-state index contributed by atoms with van der Waals surface area (Å²) in [7, 11) is 0. The minimum atomic E-state index is -1.24. The number of aliphatic carboxylic acids is 1. The van der Waals surface area contributed by atoms with Crippen LogP contribution in [0.2, 0.25) is 0 Å². The molecule has 78 valence electrons. The lowest BCUT2D eigenvalue weighted by Gasteiger charge is -2.14. The summed E-state index contributed by atoms with van der Waals surface area (Å²) in [5.74, 6) is -1.01. The van der Waals surface area contributed by atoms with Gasteiger partial charge in [0.2, 0.25) is 5.60 Å². The molecule has 5 nitrogen and oxygen atoms in total. The van der Waals surface area contributed by atoms with Crippen LogP contribution in [0.3, 0.4) is 0 Å². The van der Waals surface area contributed by atoms with Crippen LogP contribution in [-0.2, 0) is 9.63 Å². The van der Waals surface area contributed by atoms with Crippen LogP contribution in [0, 0.1) is 0 Å². The molecular weight excluding hydrogens is 196 g/mol. The second-order valence-corrected chi connectivity index (χ2v) is 3.58. The van der Waals surface area contributed by atoms with Gasteiger partial charge >= 0.3 is 5.97 Å². The predicted molar refractivity (Wildman–Crippen MR) is 52.5 cm³/mol. The van der Waals surface area contributed by atoms with E-state index in [-0.39, 0.29) is 6.42 Å². The highest BCUT2D eigenvalue weighted by Gasteiger charge is 2.42. The maximum absolute atomic E-state index is 10.9. The topological polar surface area (TPSA) is 71.8 Å². The van der Waals surface area contributed by atoms with Gasteiger partial charge in [0.15, 0.2) is 0 Å². The number of carboxylic acid groups (broad SMARTS) is 1. The molecule has 0 unspecified atom stereocenters. The van der Waals surface area contributed by atoms with Gasteiger partial charge in [-0.1, -0.05) is 5.16 Å². The van der Waals surface area contributed by atoms with Gasteiger partial charge in [-0.25, -0.2) is 4.79 Å². The van der Waals surface area contributed by atoms with Crippen LogP contribution in [-0.4, -0.2) is 27.4 Å². The number of carbonyl (C=O) groups is 1. The highest BCUT2D eigenvalue weighted by molar-refractivity contribution is 6.04. The molecule has 5 heteroatoms. The van der Waals surface area contributed by atoms with E-state index in [1.807, 2.05) is 6.07 Å². The highest BCUT2D eigenvalue weighted by atomic mass is 16.7. The van der Waals surface area contributed by atoms with Crippen LogP contribution in [0.1, 0.15) is 18.9 Å². The maximum atomic E-state index is 10.9. The Hall–Kier alpha value is -1.91. The smallest absolute Gasteiger partial charge is 0.351 e. The summed E-state index contributed by atoms with van der Waals surface area (Å²) >= 11 is 0. The van der Waals surface area contributed by atoms with Crippen LogP contribution < -0.4 is 0 Å². The molecule has 0 saturated heterocycles. The van der Waals surface area contributed by atoms with E-state index >= 15 is 0 Å². The van der Waals surface area contributed by atoms with Gasteiger partial charge in [-0.05, 0) is 19.1 Å². The van der Waals surface area contributed by atoms with E-state index in [9.17, 15) is 4.79 Å². The average molecular weight is 206 g/mol. The number of nitrogens with zero attached hydrogens (tertiary/aromatic N) is 2. The summed E-state index contributed by atoms with van der Waals surface area (Å²) in [6, 6.07) is 3.59. The molecule has 0 saturated carbocycles. The second kappa shape index (κ2) is 3.34. The lowest BCUT2D eigenvalue weighted by molar-refractivity contribution is -0.160.